The van der Waals surface area contributed by atoms with Crippen molar-refractivity contribution in [2.45, 2.75) is 19.4 Å². The number of carbonyl (C=O) groups excluding carboxylic acids is 2. The number of hydrogen-bond acceptors (Lipinski definition) is 10. The molecule has 2 saturated heterocycles. The van der Waals surface area contributed by atoms with Crippen molar-refractivity contribution >= 4 is 45.7 Å². The number of hydrogen-bond donors (Lipinski definition) is 2. The molecule has 11 heteroatoms. The highest BCUT2D eigenvalue weighted by atomic mass is 32.2. The number of benzene rings is 1. The van der Waals surface area contributed by atoms with Crippen LogP contribution in [0.15, 0.2) is 66.0 Å². The maximum absolute atomic E-state index is 11.9. The minimum Gasteiger partial charge on any atom is -0.495 e. The molecule has 2 amide bonds. The number of fused-ring (bicyclic) bond motifs is 1. The normalized spacial score (nSPS) is 16.9. The van der Waals surface area contributed by atoms with Crippen LogP contribution in [0.2, 0.25) is 0 Å². The number of methoxy groups -OCH3 is 1. The van der Waals surface area contributed by atoms with Crippen molar-refractivity contribution in [3.63, 3.8) is 0 Å². The summed E-state index contributed by atoms with van der Waals surface area (Å²) in [7, 11) is 1.67. The standard InChI is InChI=1S/C30H29N7O3S/c1-40-26-6-5-24(23-4-2-3-20-17-31-11-8-22(20)23)35-25(26)18-32-16-19-9-13-37(14-10-19)29-33-12-7-21(34-29)15-27-28(38)36-30(39)41-27/h2-8,11-12,15,17,19,32H,9-10,13-14,16,18H2,1H3,(H,36,38,39). The first-order valence-electron chi connectivity index (χ1n) is 13.5. The van der Waals surface area contributed by atoms with Crippen LogP contribution in [0.3, 0.4) is 0 Å². The van der Waals surface area contributed by atoms with Crippen LogP contribution in [-0.4, -0.2) is 57.8 Å². The van der Waals surface area contributed by atoms with Gasteiger partial charge < -0.3 is 15.0 Å². The summed E-state index contributed by atoms with van der Waals surface area (Å²) in [5, 5.41) is 7.70. The van der Waals surface area contributed by atoms with Crippen LogP contribution in [0, 0.1) is 5.92 Å². The Kier molecular flexibility index (Phi) is 7.88. The Morgan fingerprint density at radius 1 is 1.10 bits per heavy atom. The average Bonchev–Trinajstić information content (AvgIpc) is 3.33. The molecule has 2 N–H and O–H groups in total. The highest BCUT2D eigenvalue weighted by molar-refractivity contribution is 8.18. The van der Waals surface area contributed by atoms with Gasteiger partial charge in [0.25, 0.3) is 11.1 Å². The molecular weight excluding hydrogens is 538 g/mol. The first-order chi connectivity index (χ1) is 20.1. The molecule has 6 rings (SSSR count). The van der Waals surface area contributed by atoms with Crippen LogP contribution in [-0.2, 0) is 11.3 Å². The number of nitrogens with zero attached hydrogens (tertiary/aromatic N) is 5. The van der Waals surface area contributed by atoms with Crippen LogP contribution in [0.4, 0.5) is 10.7 Å². The molecule has 0 saturated carbocycles. The first-order valence-corrected chi connectivity index (χ1v) is 14.3. The molecule has 0 unspecified atom stereocenters. The fourth-order valence-corrected chi connectivity index (χ4v) is 5.85. The van der Waals surface area contributed by atoms with Gasteiger partial charge in [0, 0.05) is 49.2 Å². The number of carbonyl (C=O) groups is 2. The van der Waals surface area contributed by atoms with Gasteiger partial charge in [-0.2, -0.15) is 0 Å². The number of rotatable bonds is 8. The van der Waals surface area contributed by atoms with E-state index in [1.54, 1.807) is 25.4 Å². The summed E-state index contributed by atoms with van der Waals surface area (Å²) < 4.78 is 5.61. The highest BCUT2D eigenvalue weighted by Gasteiger charge is 2.26. The summed E-state index contributed by atoms with van der Waals surface area (Å²) in [5.41, 5.74) is 3.46. The van der Waals surface area contributed by atoms with Crippen molar-refractivity contribution in [2.24, 2.45) is 5.92 Å². The highest BCUT2D eigenvalue weighted by Crippen LogP contribution is 2.30. The molecule has 5 heterocycles. The Bertz CT molecular complexity index is 1630. The van der Waals surface area contributed by atoms with Gasteiger partial charge in [0.1, 0.15) is 5.75 Å². The minimum absolute atomic E-state index is 0.343. The van der Waals surface area contributed by atoms with Gasteiger partial charge in [-0.05, 0) is 72.8 Å². The molecule has 0 spiro atoms. The largest absolute Gasteiger partial charge is 0.495 e. The molecule has 2 aliphatic rings. The van der Waals surface area contributed by atoms with Gasteiger partial charge in [0.05, 0.1) is 29.1 Å². The number of ether oxygens (including phenoxy) is 1. The molecule has 3 aromatic heterocycles. The van der Waals surface area contributed by atoms with Crippen molar-refractivity contribution in [2.75, 3.05) is 31.6 Å². The Hall–Kier alpha value is -4.35. The molecule has 0 bridgehead atoms. The summed E-state index contributed by atoms with van der Waals surface area (Å²) in [6.45, 7) is 3.16. The maximum Gasteiger partial charge on any atom is 0.290 e. The second-order valence-electron chi connectivity index (χ2n) is 9.94. The van der Waals surface area contributed by atoms with Crippen LogP contribution in [0.25, 0.3) is 28.1 Å². The van der Waals surface area contributed by atoms with Crippen LogP contribution in [0.5, 0.6) is 5.75 Å². The third-order valence-corrected chi connectivity index (χ3v) is 8.13. The summed E-state index contributed by atoms with van der Waals surface area (Å²) >= 11 is 0.884. The molecule has 0 atom stereocenters. The van der Waals surface area contributed by atoms with E-state index in [2.05, 4.69) is 42.6 Å². The molecule has 10 nitrogen and oxygen atoms in total. The van der Waals surface area contributed by atoms with E-state index in [0.29, 0.717) is 29.0 Å². The number of imide groups is 1. The summed E-state index contributed by atoms with van der Waals surface area (Å²) in [5.74, 6) is 1.53. The fourth-order valence-electron chi connectivity index (χ4n) is 5.18. The number of nitrogens with one attached hydrogen (secondary N) is 2. The van der Waals surface area contributed by atoms with Crippen LogP contribution in [0.1, 0.15) is 24.2 Å². The molecular formula is C30H29N7O3S. The lowest BCUT2D eigenvalue weighted by atomic mass is 9.97. The topological polar surface area (TPSA) is 122 Å². The third kappa shape index (κ3) is 6.06. The van der Waals surface area contributed by atoms with Gasteiger partial charge >= 0.3 is 0 Å². The SMILES string of the molecule is COc1ccc(-c2cccc3cnccc23)nc1CNCC1CCN(c2nccc(C=C3SC(=O)NC3=O)n2)CC1. The predicted molar refractivity (Wildman–Crippen MR) is 159 cm³/mol. The Balaban J connectivity index is 1.06. The van der Waals surface area contributed by atoms with Crippen molar-refractivity contribution in [1.82, 2.24) is 30.6 Å². The van der Waals surface area contributed by atoms with E-state index >= 15 is 0 Å². The summed E-state index contributed by atoms with van der Waals surface area (Å²) in [6.07, 6.45) is 9.00. The van der Waals surface area contributed by atoms with E-state index in [1.165, 1.54) is 0 Å². The number of pyridine rings is 2. The lowest BCUT2D eigenvalue weighted by Crippen LogP contribution is -2.38. The molecule has 2 fully saturated rings. The van der Waals surface area contributed by atoms with Crippen molar-refractivity contribution in [3.8, 4) is 17.0 Å². The lowest BCUT2D eigenvalue weighted by molar-refractivity contribution is -0.115. The number of aromatic nitrogens is 4. The molecule has 0 aliphatic carbocycles. The molecule has 1 aromatic carbocycles. The van der Waals surface area contributed by atoms with Crippen molar-refractivity contribution in [1.29, 1.82) is 0 Å². The molecule has 0 radical (unpaired) electrons. The van der Waals surface area contributed by atoms with E-state index in [0.717, 1.165) is 77.7 Å². The van der Waals surface area contributed by atoms with E-state index in [4.69, 9.17) is 9.72 Å². The number of amides is 2. The Morgan fingerprint density at radius 3 is 2.78 bits per heavy atom. The monoisotopic (exact) mass is 567 g/mol. The predicted octanol–water partition coefficient (Wildman–Crippen LogP) is 4.43. The second kappa shape index (κ2) is 12.0. The number of piperidine rings is 1. The summed E-state index contributed by atoms with van der Waals surface area (Å²) in [4.78, 5) is 44.1. The first kappa shape index (κ1) is 26.9. The minimum atomic E-state index is -0.390. The van der Waals surface area contributed by atoms with Gasteiger partial charge in [-0.3, -0.25) is 19.9 Å². The van der Waals surface area contributed by atoms with E-state index in [-0.39, 0.29) is 11.1 Å². The van der Waals surface area contributed by atoms with Gasteiger partial charge in [0.2, 0.25) is 5.95 Å². The van der Waals surface area contributed by atoms with Gasteiger partial charge in [-0.15, -0.1) is 0 Å². The fraction of sp³-hybridized carbons (Fsp3) is 0.267. The van der Waals surface area contributed by atoms with Crippen molar-refractivity contribution < 1.29 is 14.3 Å². The molecule has 4 aromatic rings. The van der Waals surface area contributed by atoms with E-state index in [1.807, 2.05) is 36.7 Å². The van der Waals surface area contributed by atoms with Crippen LogP contribution < -0.4 is 20.3 Å². The third-order valence-electron chi connectivity index (χ3n) is 7.32. The average molecular weight is 568 g/mol. The van der Waals surface area contributed by atoms with Crippen LogP contribution >= 0.6 is 11.8 Å². The zero-order valence-corrected chi connectivity index (χ0v) is 23.4. The second-order valence-corrected chi connectivity index (χ2v) is 11.0. The molecule has 2 aliphatic heterocycles. The smallest absolute Gasteiger partial charge is 0.290 e. The van der Waals surface area contributed by atoms with E-state index < -0.39 is 0 Å². The summed E-state index contributed by atoms with van der Waals surface area (Å²) in [6, 6.07) is 13.9. The van der Waals surface area contributed by atoms with Gasteiger partial charge in [-0.25, -0.2) is 15.0 Å². The van der Waals surface area contributed by atoms with Gasteiger partial charge in [-0.1, -0.05) is 18.2 Å². The maximum atomic E-state index is 11.9. The number of anilines is 1. The van der Waals surface area contributed by atoms with Gasteiger partial charge in [0.15, 0.2) is 0 Å². The zero-order chi connectivity index (χ0) is 28.2. The number of thioether (sulfide) groups is 1. The quantitative estimate of drug-likeness (QED) is 0.296. The van der Waals surface area contributed by atoms with E-state index in [9.17, 15) is 9.59 Å². The Morgan fingerprint density at radius 2 is 1.98 bits per heavy atom. The van der Waals surface area contributed by atoms with Crippen molar-refractivity contribution in [3.05, 3.63) is 77.3 Å². The molecule has 208 valence electrons. The molecule has 41 heavy (non-hydrogen) atoms. The zero-order valence-electron chi connectivity index (χ0n) is 22.5. The Labute approximate surface area is 241 Å². The lowest BCUT2D eigenvalue weighted by Gasteiger charge is -2.32.